The van der Waals surface area contributed by atoms with Gasteiger partial charge in [0.1, 0.15) is 0 Å². The van der Waals surface area contributed by atoms with Crippen molar-refractivity contribution in [2.24, 2.45) is 11.7 Å². The van der Waals surface area contributed by atoms with Crippen LogP contribution in [0.4, 0.5) is 0 Å². The molecule has 0 amide bonds. The summed E-state index contributed by atoms with van der Waals surface area (Å²) in [5, 5.41) is 0. The van der Waals surface area contributed by atoms with Gasteiger partial charge in [-0.1, -0.05) is 19.8 Å². The Morgan fingerprint density at radius 3 is 2.52 bits per heavy atom. The molecule has 6 heteroatoms. The maximum absolute atomic E-state index is 12.5. The maximum Gasteiger partial charge on any atom is 0.241 e. The van der Waals surface area contributed by atoms with Crippen molar-refractivity contribution >= 4 is 21.4 Å². The minimum atomic E-state index is -3.40. The molecule has 0 bridgehead atoms. The summed E-state index contributed by atoms with van der Waals surface area (Å²) in [4.78, 5) is 2.14. The topological polar surface area (TPSA) is 72.2 Å². The molecule has 120 valence electrons. The van der Waals surface area contributed by atoms with Crippen LogP contribution in [0.2, 0.25) is 0 Å². The van der Waals surface area contributed by atoms with Gasteiger partial charge in [-0.2, -0.15) is 0 Å². The van der Waals surface area contributed by atoms with Crippen LogP contribution in [0.3, 0.4) is 0 Å². The highest BCUT2D eigenvalue weighted by Gasteiger charge is 2.27. The Hall–Kier alpha value is -0.430. The molecule has 0 saturated heterocycles. The summed E-state index contributed by atoms with van der Waals surface area (Å²) in [6.45, 7) is 4.45. The van der Waals surface area contributed by atoms with Gasteiger partial charge in [0.15, 0.2) is 0 Å². The molecule has 0 radical (unpaired) electrons. The van der Waals surface area contributed by atoms with Crippen LogP contribution in [0.1, 0.15) is 55.2 Å². The predicted molar refractivity (Wildman–Crippen MR) is 87.9 cm³/mol. The number of rotatable bonds is 6. The van der Waals surface area contributed by atoms with Gasteiger partial charge in [-0.15, -0.1) is 11.3 Å². The molecule has 21 heavy (non-hydrogen) atoms. The Morgan fingerprint density at radius 1 is 1.33 bits per heavy atom. The molecule has 3 N–H and O–H groups in total. The monoisotopic (exact) mass is 330 g/mol. The first kappa shape index (κ1) is 16.9. The predicted octanol–water partition coefficient (Wildman–Crippen LogP) is 3.15. The van der Waals surface area contributed by atoms with Crippen LogP contribution in [0, 0.1) is 12.8 Å². The second kappa shape index (κ2) is 7.22. The summed E-state index contributed by atoms with van der Waals surface area (Å²) in [5.74, 6) is 0.780. The van der Waals surface area contributed by atoms with Crippen molar-refractivity contribution in [3.05, 3.63) is 15.8 Å². The molecule has 4 nitrogen and oxygen atoms in total. The van der Waals surface area contributed by atoms with E-state index in [9.17, 15) is 8.42 Å². The lowest BCUT2D eigenvalue weighted by Crippen LogP contribution is -2.37. The lowest BCUT2D eigenvalue weighted by atomic mass is 9.84. The number of sulfonamides is 1. The Balaban J connectivity index is 2.00. The second-order valence-electron chi connectivity index (χ2n) is 5.96. The fraction of sp³-hybridized carbons (Fsp3) is 0.733. The lowest BCUT2D eigenvalue weighted by molar-refractivity contribution is 0.297. The van der Waals surface area contributed by atoms with Crippen molar-refractivity contribution in [2.75, 3.05) is 0 Å². The van der Waals surface area contributed by atoms with Crippen LogP contribution < -0.4 is 10.5 Å². The molecule has 1 aliphatic carbocycles. The standard InChI is InChI=1S/C15H26N2O2S2/c1-3-4-12-5-7-13(8-6-12)17-21(18,19)15-9-14(10-16)20-11(15)2/h9,12-13,17H,3-8,10,16H2,1-2H3. The van der Waals surface area contributed by atoms with E-state index < -0.39 is 10.0 Å². The Kier molecular flexibility index (Phi) is 5.82. The first-order chi connectivity index (χ1) is 9.96. The number of hydrogen-bond acceptors (Lipinski definition) is 4. The SMILES string of the molecule is CCCC1CCC(NS(=O)(=O)c2cc(CN)sc2C)CC1. The summed E-state index contributed by atoms with van der Waals surface area (Å²) < 4.78 is 27.9. The Labute approximate surface area is 132 Å². The molecule has 1 heterocycles. The van der Waals surface area contributed by atoms with Crippen LogP contribution in [-0.2, 0) is 16.6 Å². The maximum atomic E-state index is 12.5. The quantitative estimate of drug-likeness (QED) is 0.841. The molecule has 0 aliphatic heterocycles. The zero-order valence-corrected chi connectivity index (χ0v) is 14.5. The number of hydrogen-bond donors (Lipinski definition) is 2. The van der Waals surface area contributed by atoms with Crippen molar-refractivity contribution < 1.29 is 8.42 Å². The first-order valence-corrected chi connectivity index (χ1v) is 10.1. The van der Waals surface area contributed by atoms with Gasteiger partial charge in [0.2, 0.25) is 10.0 Å². The van der Waals surface area contributed by atoms with Gasteiger partial charge in [0.25, 0.3) is 0 Å². The molecular weight excluding hydrogens is 304 g/mol. The number of thiophene rings is 1. The van der Waals surface area contributed by atoms with E-state index in [4.69, 9.17) is 5.73 Å². The fourth-order valence-corrected chi connectivity index (χ4v) is 5.97. The second-order valence-corrected chi connectivity index (χ2v) is 8.99. The first-order valence-electron chi connectivity index (χ1n) is 7.78. The number of nitrogens with one attached hydrogen (secondary N) is 1. The smallest absolute Gasteiger partial charge is 0.241 e. The minimum Gasteiger partial charge on any atom is -0.326 e. The average Bonchev–Trinajstić information content (AvgIpc) is 2.83. The molecule has 0 spiro atoms. The molecule has 0 unspecified atom stereocenters. The van der Waals surface area contributed by atoms with Gasteiger partial charge in [0, 0.05) is 22.3 Å². The van der Waals surface area contributed by atoms with Crippen molar-refractivity contribution in [3.63, 3.8) is 0 Å². The van der Waals surface area contributed by atoms with Crippen LogP contribution in [-0.4, -0.2) is 14.5 Å². The molecule has 2 rings (SSSR count). The largest absolute Gasteiger partial charge is 0.326 e. The lowest BCUT2D eigenvalue weighted by Gasteiger charge is -2.28. The molecule has 1 saturated carbocycles. The fourth-order valence-electron chi connectivity index (χ4n) is 3.15. The van der Waals surface area contributed by atoms with Gasteiger partial charge in [-0.3, -0.25) is 0 Å². The highest BCUT2D eigenvalue weighted by Crippen LogP contribution is 2.30. The minimum absolute atomic E-state index is 0.0868. The van der Waals surface area contributed by atoms with E-state index in [0.717, 1.165) is 41.4 Å². The zero-order chi connectivity index (χ0) is 15.5. The Bertz CT molecular complexity index is 558. The molecule has 1 aliphatic rings. The third kappa shape index (κ3) is 4.28. The van der Waals surface area contributed by atoms with Crippen molar-refractivity contribution in [3.8, 4) is 0 Å². The molecular formula is C15H26N2O2S2. The van der Waals surface area contributed by atoms with E-state index in [-0.39, 0.29) is 6.04 Å². The molecule has 1 aromatic rings. The van der Waals surface area contributed by atoms with E-state index in [1.54, 1.807) is 6.07 Å². The normalized spacial score (nSPS) is 23.4. The summed E-state index contributed by atoms with van der Waals surface area (Å²) >= 11 is 1.47. The van der Waals surface area contributed by atoms with Crippen LogP contribution in [0.25, 0.3) is 0 Å². The van der Waals surface area contributed by atoms with Crippen LogP contribution in [0.15, 0.2) is 11.0 Å². The Morgan fingerprint density at radius 2 is 2.00 bits per heavy atom. The summed E-state index contributed by atoms with van der Waals surface area (Å²) in [6, 6.07) is 1.80. The van der Waals surface area contributed by atoms with Crippen LogP contribution >= 0.6 is 11.3 Å². The third-order valence-corrected chi connectivity index (χ3v) is 7.13. The highest BCUT2D eigenvalue weighted by molar-refractivity contribution is 7.89. The van der Waals surface area contributed by atoms with Gasteiger partial charge in [0.05, 0.1) is 4.90 Å². The van der Waals surface area contributed by atoms with Gasteiger partial charge >= 0.3 is 0 Å². The van der Waals surface area contributed by atoms with E-state index in [1.165, 1.54) is 24.2 Å². The zero-order valence-electron chi connectivity index (χ0n) is 12.9. The van der Waals surface area contributed by atoms with E-state index in [0.29, 0.717) is 11.4 Å². The summed E-state index contributed by atoms with van der Waals surface area (Å²) in [5.41, 5.74) is 5.60. The third-order valence-electron chi connectivity index (χ3n) is 4.28. The van der Waals surface area contributed by atoms with Crippen molar-refractivity contribution in [1.82, 2.24) is 4.72 Å². The average molecular weight is 331 g/mol. The number of aryl methyl sites for hydroxylation is 1. The van der Waals surface area contributed by atoms with Crippen LogP contribution in [0.5, 0.6) is 0 Å². The summed E-state index contributed by atoms with van der Waals surface area (Å²) in [7, 11) is -3.40. The van der Waals surface area contributed by atoms with Gasteiger partial charge in [-0.05, 0) is 44.6 Å². The highest BCUT2D eigenvalue weighted by atomic mass is 32.2. The van der Waals surface area contributed by atoms with E-state index in [1.807, 2.05) is 6.92 Å². The van der Waals surface area contributed by atoms with Gasteiger partial charge < -0.3 is 5.73 Å². The summed E-state index contributed by atoms with van der Waals surface area (Å²) in [6.07, 6.45) is 6.67. The molecule has 0 aromatic carbocycles. The van der Waals surface area contributed by atoms with E-state index in [2.05, 4.69) is 11.6 Å². The molecule has 1 aromatic heterocycles. The molecule has 0 atom stereocenters. The van der Waals surface area contributed by atoms with Crippen molar-refractivity contribution in [2.45, 2.75) is 69.9 Å². The van der Waals surface area contributed by atoms with E-state index >= 15 is 0 Å². The van der Waals surface area contributed by atoms with Gasteiger partial charge in [-0.25, -0.2) is 13.1 Å². The molecule has 1 fully saturated rings. The number of nitrogens with two attached hydrogens (primary N) is 1. The van der Waals surface area contributed by atoms with Crippen molar-refractivity contribution in [1.29, 1.82) is 0 Å².